The summed E-state index contributed by atoms with van der Waals surface area (Å²) < 4.78 is 0. The predicted octanol–water partition coefficient (Wildman–Crippen LogP) is 3.38. The first-order valence-corrected chi connectivity index (χ1v) is 6.49. The molecule has 0 saturated carbocycles. The molecule has 1 heterocycles. The second kappa shape index (κ2) is 5.74. The standard InChI is InChI=1S/C16H21N3/c1-12-5-6-13(2)14(9-12)10-18-15-11-17-8-7-16(15)19(3)4/h5-9,11,18H,10H2,1-4H3. The minimum atomic E-state index is 0.819. The maximum Gasteiger partial charge on any atom is 0.0766 e. The molecule has 1 aromatic heterocycles. The Morgan fingerprint density at radius 3 is 2.68 bits per heavy atom. The van der Waals surface area contributed by atoms with Crippen LogP contribution in [0.4, 0.5) is 11.4 Å². The normalized spacial score (nSPS) is 10.3. The number of rotatable bonds is 4. The smallest absolute Gasteiger partial charge is 0.0766 e. The van der Waals surface area contributed by atoms with Crippen LogP contribution < -0.4 is 10.2 Å². The zero-order valence-corrected chi connectivity index (χ0v) is 12.1. The van der Waals surface area contributed by atoms with Gasteiger partial charge in [0.1, 0.15) is 0 Å². The summed E-state index contributed by atoms with van der Waals surface area (Å²) in [5.74, 6) is 0. The van der Waals surface area contributed by atoms with Crippen LogP contribution in [0.2, 0.25) is 0 Å². The molecule has 0 aliphatic carbocycles. The minimum absolute atomic E-state index is 0.819. The fraction of sp³-hybridized carbons (Fsp3) is 0.312. The molecule has 0 amide bonds. The highest BCUT2D eigenvalue weighted by Gasteiger charge is 2.05. The van der Waals surface area contributed by atoms with Gasteiger partial charge in [0.05, 0.1) is 17.6 Å². The van der Waals surface area contributed by atoms with Crippen LogP contribution in [0.25, 0.3) is 0 Å². The van der Waals surface area contributed by atoms with E-state index < -0.39 is 0 Å². The van der Waals surface area contributed by atoms with Gasteiger partial charge >= 0.3 is 0 Å². The zero-order valence-electron chi connectivity index (χ0n) is 12.1. The second-order valence-corrected chi connectivity index (χ2v) is 5.07. The molecule has 0 unspecified atom stereocenters. The molecule has 0 bridgehead atoms. The Bertz CT molecular complexity index is 562. The van der Waals surface area contributed by atoms with E-state index in [1.807, 2.05) is 32.6 Å². The van der Waals surface area contributed by atoms with Gasteiger partial charge in [0.25, 0.3) is 0 Å². The van der Waals surface area contributed by atoms with Crippen LogP contribution in [0.15, 0.2) is 36.7 Å². The van der Waals surface area contributed by atoms with Gasteiger partial charge in [-0.3, -0.25) is 4.98 Å². The van der Waals surface area contributed by atoms with Gasteiger partial charge in [0, 0.05) is 26.8 Å². The molecule has 3 nitrogen and oxygen atoms in total. The number of aryl methyl sites for hydroxylation is 2. The molecule has 0 aliphatic heterocycles. The Morgan fingerprint density at radius 1 is 1.16 bits per heavy atom. The first-order chi connectivity index (χ1) is 9.08. The highest BCUT2D eigenvalue weighted by Crippen LogP contribution is 2.23. The molecule has 2 rings (SSSR count). The van der Waals surface area contributed by atoms with E-state index in [2.05, 4.69) is 47.2 Å². The number of aromatic nitrogens is 1. The van der Waals surface area contributed by atoms with Crippen molar-refractivity contribution < 1.29 is 0 Å². The number of hydrogen-bond donors (Lipinski definition) is 1. The van der Waals surface area contributed by atoms with E-state index in [0.717, 1.165) is 17.9 Å². The average Bonchev–Trinajstić information content (AvgIpc) is 2.40. The lowest BCUT2D eigenvalue weighted by Gasteiger charge is -2.18. The summed E-state index contributed by atoms with van der Waals surface area (Å²) in [6, 6.07) is 8.57. The molecule has 0 aliphatic rings. The van der Waals surface area contributed by atoms with Crippen molar-refractivity contribution in [3.63, 3.8) is 0 Å². The van der Waals surface area contributed by atoms with Gasteiger partial charge in [-0.2, -0.15) is 0 Å². The van der Waals surface area contributed by atoms with Gasteiger partial charge in [0.15, 0.2) is 0 Å². The third-order valence-corrected chi connectivity index (χ3v) is 3.25. The third kappa shape index (κ3) is 3.25. The second-order valence-electron chi connectivity index (χ2n) is 5.07. The van der Waals surface area contributed by atoms with Gasteiger partial charge in [-0.1, -0.05) is 23.8 Å². The monoisotopic (exact) mass is 255 g/mol. The van der Waals surface area contributed by atoms with E-state index >= 15 is 0 Å². The van der Waals surface area contributed by atoms with Crippen LogP contribution in [-0.2, 0) is 6.54 Å². The van der Waals surface area contributed by atoms with E-state index in [0.29, 0.717) is 0 Å². The van der Waals surface area contributed by atoms with E-state index in [9.17, 15) is 0 Å². The molecule has 0 spiro atoms. The Labute approximate surface area is 115 Å². The van der Waals surface area contributed by atoms with Gasteiger partial charge in [0.2, 0.25) is 0 Å². The molecule has 100 valence electrons. The van der Waals surface area contributed by atoms with Crippen LogP contribution in [0.3, 0.4) is 0 Å². The lowest BCUT2D eigenvalue weighted by atomic mass is 10.1. The molecule has 0 radical (unpaired) electrons. The van der Waals surface area contributed by atoms with E-state index in [1.54, 1.807) is 0 Å². The largest absolute Gasteiger partial charge is 0.378 e. The summed E-state index contributed by atoms with van der Waals surface area (Å²) in [5, 5.41) is 3.47. The molecule has 3 heteroatoms. The van der Waals surface area contributed by atoms with Crippen molar-refractivity contribution in [2.45, 2.75) is 20.4 Å². The van der Waals surface area contributed by atoms with Gasteiger partial charge < -0.3 is 10.2 Å². The first-order valence-electron chi connectivity index (χ1n) is 6.49. The molecular weight excluding hydrogens is 234 g/mol. The number of benzene rings is 1. The fourth-order valence-electron chi connectivity index (χ4n) is 2.09. The Morgan fingerprint density at radius 2 is 1.95 bits per heavy atom. The predicted molar refractivity (Wildman–Crippen MR) is 81.8 cm³/mol. The van der Waals surface area contributed by atoms with Crippen molar-refractivity contribution in [1.82, 2.24) is 4.98 Å². The molecular formula is C16H21N3. The summed E-state index contributed by atoms with van der Waals surface area (Å²) in [6.45, 7) is 5.09. The summed E-state index contributed by atoms with van der Waals surface area (Å²) in [6.07, 6.45) is 3.69. The van der Waals surface area contributed by atoms with E-state index in [1.165, 1.54) is 16.7 Å². The van der Waals surface area contributed by atoms with Crippen LogP contribution in [-0.4, -0.2) is 19.1 Å². The lowest BCUT2D eigenvalue weighted by molar-refractivity contribution is 1.07. The molecule has 1 aromatic carbocycles. The molecule has 0 fully saturated rings. The highest BCUT2D eigenvalue weighted by molar-refractivity contribution is 5.68. The number of pyridine rings is 1. The van der Waals surface area contributed by atoms with E-state index in [4.69, 9.17) is 0 Å². The van der Waals surface area contributed by atoms with Crippen molar-refractivity contribution in [1.29, 1.82) is 0 Å². The minimum Gasteiger partial charge on any atom is -0.378 e. The number of nitrogens with one attached hydrogen (secondary N) is 1. The van der Waals surface area contributed by atoms with Crippen LogP contribution in [0.1, 0.15) is 16.7 Å². The first kappa shape index (κ1) is 13.4. The molecule has 1 N–H and O–H groups in total. The number of nitrogens with zero attached hydrogens (tertiary/aromatic N) is 2. The third-order valence-electron chi connectivity index (χ3n) is 3.25. The van der Waals surface area contributed by atoms with Crippen LogP contribution in [0.5, 0.6) is 0 Å². The van der Waals surface area contributed by atoms with Crippen molar-refractivity contribution in [3.8, 4) is 0 Å². The average molecular weight is 255 g/mol. The Hall–Kier alpha value is -2.03. The summed E-state index contributed by atoms with van der Waals surface area (Å²) >= 11 is 0. The van der Waals surface area contributed by atoms with Crippen molar-refractivity contribution in [2.24, 2.45) is 0 Å². The molecule has 2 aromatic rings. The summed E-state index contributed by atoms with van der Waals surface area (Å²) in [5.41, 5.74) is 6.15. The summed E-state index contributed by atoms with van der Waals surface area (Å²) in [7, 11) is 4.08. The maximum atomic E-state index is 4.19. The van der Waals surface area contributed by atoms with Gasteiger partial charge in [-0.05, 0) is 31.0 Å². The van der Waals surface area contributed by atoms with Crippen LogP contribution >= 0.6 is 0 Å². The SMILES string of the molecule is Cc1ccc(C)c(CNc2cnccc2N(C)C)c1. The zero-order chi connectivity index (χ0) is 13.8. The fourth-order valence-corrected chi connectivity index (χ4v) is 2.09. The van der Waals surface area contributed by atoms with Crippen molar-refractivity contribution in [3.05, 3.63) is 53.3 Å². The highest BCUT2D eigenvalue weighted by atomic mass is 15.1. The number of hydrogen-bond acceptors (Lipinski definition) is 3. The van der Waals surface area contributed by atoms with Crippen LogP contribution in [0, 0.1) is 13.8 Å². The number of anilines is 2. The lowest BCUT2D eigenvalue weighted by Crippen LogP contribution is -2.12. The summed E-state index contributed by atoms with van der Waals surface area (Å²) in [4.78, 5) is 6.28. The topological polar surface area (TPSA) is 28.2 Å². The Kier molecular flexibility index (Phi) is 4.05. The van der Waals surface area contributed by atoms with Gasteiger partial charge in [-0.25, -0.2) is 0 Å². The van der Waals surface area contributed by atoms with Crippen molar-refractivity contribution >= 4 is 11.4 Å². The Balaban J connectivity index is 2.17. The van der Waals surface area contributed by atoms with Crippen molar-refractivity contribution in [2.75, 3.05) is 24.3 Å². The molecule has 19 heavy (non-hydrogen) atoms. The van der Waals surface area contributed by atoms with Gasteiger partial charge in [-0.15, -0.1) is 0 Å². The molecule has 0 saturated heterocycles. The van der Waals surface area contributed by atoms with E-state index in [-0.39, 0.29) is 0 Å². The molecule has 0 atom stereocenters. The quantitative estimate of drug-likeness (QED) is 0.907. The maximum absolute atomic E-state index is 4.19.